The average Bonchev–Trinajstić information content (AvgIpc) is 3.06. The highest BCUT2D eigenvalue weighted by Crippen LogP contribution is 2.29. The number of amides is 1. The van der Waals surface area contributed by atoms with Gasteiger partial charge in [0.05, 0.1) is 10.7 Å². The number of aromatic nitrogens is 1. The van der Waals surface area contributed by atoms with Gasteiger partial charge in [0, 0.05) is 21.0 Å². The van der Waals surface area contributed by atoms with Crippen molar-refractivity contribution in [3.63, 3.8) is 0 Å². The summed E-state index contributed by atoms with van der Waals surface area (Å²) >= 11 is 19.1. The number of rotatable bonds is 5. The van der Waals surface area contributed by atoms with Crippen molar-refractivity contribution in [1.82, 2.24) is 4.98 Å². The van der Waals surface area contributed by atoms with Crippen LogP contribution in [0.5, 0.6) is 5.75 Å². The van der Waals surface area contributed by atoms with E-state index in [0.717, 1.165) is 11.3 Å². The number of hydrogen-bond acceptors (Lipinski definition) is 4. The normalized spacial score (nSPS) is 11.8. The van der Waals surface area contributed by atoms with Crippen LogP contribution in [0.4, 0.5) is 5.13 Å². The lowest BCUT2D eigenvalue weighted by molar-refractivity contribution is -0.122. The van der Waals surface area contributed by atoms with Crippen molar-refractivity contribution in [2.75, 3.05) is 5.32 Å². The molecule has 0 saturated carbocycles. The van der Waals surface area contributed by atoms with Crippen molar-refractivity contribution < 1.29 is 9.53 Å². The maximum absolute atomic E-state index is 12.3. The monoisotopic (exact) mass is 426 g/mol. The molecule has 1 N–H and O–H groups in total. The largest absolute Gasteiger partial charge is 0.479 e. The molecule has 4 nitrogen and oxygen atoms in total. The van der Waals surface area contributed by atoms with Crippen LogP contribution in [0.2, 0.25) is 15.1 Å². The van der Waals surface area contributed by atoms with Gasteiger partial charge >= 0.3 is 0 Å². The van der Waals surface area contributed by atoms with E-state index in [1.54, 1.807) is 37.3 Å². The molecule has 0 aliphatic carbocycles. The third-order valence-corrected chi connectivity index (χ3v) is 4.98. The highest BCUT2D eigenvalue weighted by Gasteiger charge is 2.18. The van der Waals surface area contributed by atoms with Gasteiger partial charge in [-0.15, -0.1) is 11.3 Å². The summed E-state index contributed by atoms with van der Waals surface area (Å²) in [6.45, 7) is 1.63. The molecule has 8 heteroatoms. The molecule has 0 aliphatic heterocycles. The molecule has 1 atom stereocenters. The molecule has 0 aliphatic rings. The van der Waals surface area contributed by atoms with Crippen LogP contribution in [0, 0.1) is 0 Å². The van der Waals surface area contributed by atoms with Gasteiger partial charge in [-0.2, -0.15) is 0 Å². The Morgan fingerprint density at radius 3 is 2.50 bits per heavy atom. The fourth-order valence-electron chi connectivity index (χ4n) is 2.11. The van der Waals surface area contributed by atoms with Crippen molar-refractivity contribution in [3.05, 3.63) is 62.9 Å². The Hall–Kier alpha value is -1.79. The summed E-state index contributed by atoms with van der Waals surface area (Å²) in [5, 5.41) is 6.59. The highest BCUT2D eigenvalue weighted by atomic mass is 35.5. The molecule has 3 aromatic rings. The number of nitrogens with one attached hydrogen (secondary N) is 1. The Morgan fingerprint density at radius 1 is 1.12 bits per heavy atom. The van der Waals surface area contributed by atoms with E-state index < -0.39 is 6.10 Å². The third-order valence-electron chi connectivity index (χ3n) is 3.44. The van der Waals surface area contributed by atoms with Crippen molar-refractivity contribution in [2.45, 2.75) is 13.0 Å². The zero-order valence-corrected chi connectivity index (χ0v) is 16.6. The summed E-state index contributed by atoms with van der Waals surface area (Å²) in [5.74, 6) is 0.0627. The van der Waals surface area contributed by atoms with E-state index >= 15 is 0 Å². The number of hydrogen-bond donors (Lipinski definition) is 1. The minimum atomic E-state index is -0.753. The second kappa shape index (κ2) is 8.27. The summed E-state index contributed by atoms with van der Waals surface area (Å²) in [5.41, 5.74) is 1.68. The summed E-state index contributed by atoms with van der Waals surface area (Å²) in [7, 11) is 0. The lowest BCUT2D eigenvalue weighted by Gasteiger charge is -2.14. The lowest BCUT2D eigenvalue weighted by Crippen LogP contribution is -2.30. The number of benzene rings is 2. The molecule has 0 unspecified atom stereocenters. The van der Waals surface area contributed by atoms with Crippen LogP contribution < -0.4 is 10.1 Å². The second-order valence-electron chi connectivity index (χ2n) is 5.37. The first-order chi connectivity index (χ1) is 12.4. The number of thiazole rings is 1. The number of carbonyl (C=O) groups is 1. The van der Waals surface area contributed by atoms with Gasteiger partial charge in [0.2, 0.25) is 0 Å². The predicted octanol–water partition coefficient (Wildman–Crippen LogP) is 6.18. The topological polar surface area (TPSA) is 51.2 Å². The standard InChI is InChI=1S/C18H13Cl3N2O2S/c1-10(25-16-7-6-13(20)8-14(16)21)17(24)23-18-22-15(9-26-18)11-2-4-12(19)5-3-11/h2-10H,1H3,(H,22,23,24)/t10-/m1/s1. The third kappa shape index (κ3) is 4.68. The van der Waals surface area contributed by atoms with E-state index in [1.165, 1.54) is 11.3 Å². The molecule has 1 heterocycles. The molecule has 0 saturated heterocycles. The van der Waals surface area contributed by atoms with Gasteiger partial charge in [-0.05, 0) is 37.3 Å². The van der Waals surface area contributed by atoms with Crippen molar-refractivity contribution >= 4 is 57.2 Å². The van der Waals surface area contributed by atoms with Gasteiger partial charge in [0.25, 0.3) is 5.91 Å². The first-order valence-corrected chi connectivity index (χ1v) is 9.58. The number of halogens is 3. The molecule has 0 radical (unpaired) electrons. The second-order valence-corrected chi connectivity index (χ2v) is 7.51. The number of anilines is 1. The lowest BCUT2D eigenvalue weighted by atomic mass is 10.2. The Morgan fingerprint density at radius 2 is 1.81 bits per heavy atom. The van der Waals surface area contributed by atoms with E-state index in [2.05, 4.69) is 10.3 Å². The van der Waals surface area contributed by atoms with Gasteiger partial charge in [-0.25, -0.2) is 4.98 Å². The zero-order chi connectivity index (χ0) is 18.7. The predicted molar refractivity (Wildman–Crippen MR) is 108 cm³/mol. The molecular formula is C18H13Cl3N2O2S. The number of carbonyl (C=O) groups excluding carboxylic acids is 1. The van der Waals surface area contributed by atoms with Gasteiger partial charge in [0.1, 0.15) is 5.75 Å². The summed E-state index contributed by atoms with van der Waals surface area (Å²) in [6, 6.07) is 12.2. The van der Waals surface area contributed by atoms with Crippen LogP contribution in [0.25, 0.3) is 11.3 Å². The van der Waals surface area contributed by atoms with Crippen molar-refractivity contribution in [1.29, 1.82) is 0 Å². The molecule has 0 spiro atoms. The average molecular weight is 428 g/mol. The minimum Gasteiger partial charge on any atom is -0.479 e. The summed E-state index contributed by atoms with van der Waals surface area (Å²) in [4.78, 5) is 16.7. The fourth-order valence-corrected chi connectivity index (χ4v) is 3.41. The van der Waals surface area contributed by atoms with Crippen LogP contribution in [-0.4, -0.2) is 17.0 Å². The van der Waals surface area contributed by atoms with Crippen LogP contribution >= 0.6 is 46.1 Å². The molecule has 0 fully saturated rings. The van der Waals surface area contributed by atoms with Crippen LogP contribution in [-0.2, 0) is 4.79 Å². The molecular weight excluding hydrogens is 415 g/mol. The summed E-state index contributed by atoms with van der Waals surface area (Å²) in [6.07, 6.45) is -0.753. The van der Waals surface area contributed by atoms with E-state index in [9.17, 15) is 4.79 Å². The number of nitrogens with zero attached hydrogens (tertiary/aromatic N) is 1. The quantitative estimate of drug-likeness (QED) is 0.529. The Labute approximate surface area is 169 Å². The zero-order valence-electron chi connectivity index (χ0n) is 13.5. The fraction of sp³-hybridized carbons (Fsp3) is 0.111. The van der Waals surface area contributed by atoms with E-state index in [4.69, 9.17) is 39.5 Å². The Kier molecular flexibility index (Phi) is 6.04. The smallest absolute Gasteiger partial charge is 0.266 e. The van der Waals surface area contributed by atoms with E-state index in [1.807, 2.05) is 17.5 Å². The van der Waals surface area contributed by atoms with Crippen LogP contribution in [0.1, 0.15) is 6.92 Å². The Balaban J connectivity index is 1.65. The maximum atomic E-state index is 12.3. The molecule has 26 heavy (non-hydrogen) atoms. The van der Waals surface area contributed by atoms with Gasteiger partial charge in [-0.3, -0.25) is 10.1 Å². The highest BCUT2D eigenvalue weighted by molar-refractivity contribution is 7.14. The maximum Gasteiger partial charge on any atom is 0.266 e. The first-order valence-electron chi connectivity index (χ1n) is 7.56. The Bertz CT molecular complexity index is 928. The molecule has 134 valence electrons. The van der Waals surface area contributed by atoms with Gasteiger partial charge in [-0.1, -0.05) is 46.9 Å². The molecule has 0 bridgehead atoms. The molecule has 1 aromatic heterocycles. The molecule has 3 rings (SSSR count). The van der Waals surface area contributed by atoms with Crippen molar-refractivity contribution in [2.24, 2.45) is 0 Å². The van der Waals surface area contributed by atoms with Crippen molar-refractivity contribution in [3.8, 4) is 17.0 Å². The van der Waals surface area contributed by atoms with Gasteiger partial charge in [0.15, 0.2) is 11.2 Å². The number of ether oxygens (including phenoxy) is 1. The first kappa shape index (κ1) is 19.0. The van der Waals surface area contributed by atoms with Crippen LogP contribution in [0.3, 0.4) is 0 Å². The van der Waals surface area contributed by atoms with E-state index in [-0.39, 0.29) is 5.91 Å². The SMILES string of the molecule is C[C@@H](Oc1ccc(Cl)cc1Cl)C(=O)Nc1nc(-c2ccc(Cl)cc2)cs1. The van der Waals surface area contributed by atoms with Crippen LogP contribution in [0.15, 0.2) is 47.8 Å². The molecule has 2 aromatic carbocycles. The summed E-state index contributed by atoms with van der Waals surface area (Å²) < 4.78 is 5.60. The molecule has 1 amide bonds. The minimum absolute atomic E-state index is 0.326. The van der Waals surface area contributed by atoms with Gasteiger partial charge < -0.3 is 4.74 Å². The van der Waals surface area contributed by atoms with E-state index in [0.29, 0.717) is 25.9 Å².